The summed E-state index contributed by atoms with van der Waals surface area (Å²) in [5.74, 6) is -0.883. The number of rotatable bonds is 4. The van der Waals surface area contributed by atoms with E-state index in [0.29, 0.717) is 26.2 Å². The van der Waals surface area contributed by atoms with Gasteiger partial charge in [0, 0.05) is 32.7 Å². The molecule has 1 heterocycles. The molecule has 0 bridgehead atoms. The Hall–Kier alpha value is -1.47. The lowest BCUT2D eigenvalue weighted by molar-refractivity contribution is 0.181. The highest BCUT2D eigenvalue weighted by Crippen LogP contribution is 2.25. The highest BCUT2D eigenvalue weighted by Gasteiger charge is 2.31. The number of hydrogen-bond donors (Lipinski definition) is 0. The molecule has 0 aliphatic carbocycles. The normalized spacial score (nSPS) is 16.9. The van der Waals surface area contributed by atoms with Crippen molar-refractivity contribution < 1.29 is 12.8 Å². The first-order valence-electron chi connectivity index (χ1n) is 8.10. The molecule has 7 heteroatoms. The zero-order chi connectivity index (χ0) is 18.0. The summed E-state index contributed by atoms with van der Waals surface area (Å²) in [5, 5.41) is -0.181. The second-order valence-corrected chi connectivity index (χ2v) is 8.47. The fourth-order valence-electron chi connectivity index (χ4n) is 2.98. The molecule has 2 aromatic carbocycles. The smallest absolute Gasteiger partial charge is 0.246 e. The highest BCUT2D eigenvalue weighted by molar-refractivity contribution is 7.89. The van der Waals surface area contributed by atoms with Gasteiger partial charge >= 0.3 is 0 Å². The molecule has 1 aliphatic heterocycles. The van der Waals surface area contributed by atoms with Crippen molar-refractivity contribution in [2.75, 3.05) is 26.2 Å². The van der Waals surface area contributed by atoms with Gasteiger partial charge in [-0.15, -0.1) is 0 Å². The summed E-state index contributed by atoms with van der Waals surface area (Å²) in [6.45, 7) is 4.73. The fraction of sp³-hybridized carbons (Fsp3) is 0.333. The first-order chi connectivity index (χ1) is 11.9. The van der Waals surface area contributed by atoms with E-state index in [4.69, 9.17) is 11.6 Å². The van der Waals surface area contributed by atoms with Gasteiger partial charge in [-0.3, -0.25) is 4.90 Å². The second-order valence-electron chi connectivity index (χ2n) is 6.16. The van der Waals surface area contributed by atoms with Crippen LogP contribution in [-0.4, -0.2) is 43.8 Å². The molecule has 0 radical (unpaired) electrons. The summed E-state index contributed by atoms with van der Waals surface area (Å²) in [7, 11) is -3.87. The third-order valence-electron chi connectivity index (χ3n) is 4.52. The molecule has 0 unspecified atom stereocenters. The van der Waals surface area contributed by atoms with Crippen LogP contribution >= 0.6 is 11.6 Å². The van der Waals surface area contributed by atoms with Crippen LogP contribution in [0.15, 0.2) is 47.4 Å². The van der Waals surface area contributed by atoms with E-state index in [-0.39, 0.29) is 9.92 Å². The first kappa shape index (κ1) is 18.3. The molecular weight excluding hydrogens is 363 g/mol. The van der Waals surface area contributed by atoms with E-state index in [0.717, 1.165) is 6.54 Å². The van der Waals surface area contributed by atoms with Crippen molar-refractivity contribution in [1.82, 2.24) is 9.21 Å². The molecule has 0 amide bonds. The zero-order valence-electron chi connectivity index (χ0n) is 14.0. The Morgan fingerprint density at radius 2 is 1.72 bits per heavy atom. The molecule has 3 rings (SSSR count). The van der Waals surface area contributed by atoms with Crippen LogP contribution in [-0.2, 0) is 16.6 Å². The molecule has 4 nitrogen and oxygen atoms in total. The van der Waals surface area contributed by atoms with E-state index in [9.17, 15) is 12.8 Å². The topological polar surface area (TPSA) is 40.6 Å². The van der Waals surface area contributed by atoms with Gasteiger partial charge in [-0.25, -0.2) is 12.8 Å². The minimum absolute atomic E-state index is 0.181. The summed E-state index contributed by atoms with van der Waals surface area (Å²) < 4.78 is 40.8. The van der Waals surface area contributed by atoms with Gasteiger partial charge < -0.3 is 0 Å². The molecule has 0 N–H and O–H groups in total. The molecule has 1 fully saturated rings. The monoisotopic (exact) mass is 382 g/mol. The van der Waals surface area contributed by atoms with Crippen molar-refractivity contribution in [2.45, 2.75) is 18.4 Å². The fourth-order valence-corrected chi connectivity index (χ4v) is 4.72. The summed E-state index contributed by atoms with van der Waals surface area (Å²) in [4.78, 5) is 1.86. The lowest BCUT2D eigenvalue weighted by Gasteiger charge is -2.34. The molecule has 134 valence electrons. The number of sulfonamides is 1. The van der Waals surface area contributed by atoms with Crippen LogP contribution in [0, 0.1) is 12.7 Å². The molecule has 1 aliphatic rings. The molecule has 1 saturated heterocycles. The van der Waals surface area contributed by atoms with Crippen molar-refractivity contribution in [1.29, 1.82) is 0 Å². The number of piperazine rings is 1. The SMILES string of the molecule is Cc1ccccc1CN1CCN(S(=O)(=O)c2cccc(Cl)c2F)CC1. The Kier molecular flexibility index (Phi) is 5.43. The maximum atomic E-state index is 14.1. The standard InChI is InChI=1S/C18H20ClFN2O2S/c1-14-5-2-3-6-15(14)13-21-9-11-22(12-10-21)25(23,24)17-8-4-7-16(19)18(17)20/h2-8H,9-13H2,1H3. The van der Waals surface area contributed by atoms with Crippen LogP contribution in [0.4, 0.5) is 4.39 Å². The third kappa shape index (κ3) is 3.87. The van der Waals surface area contributed by atoms with Crippen molar-refractivity contribution in [3.63, 3.8) is 0 Å². The average Bonchev–Trinajstić information content (AvgIpc) is 2.60. The number of aryl methyl sites for hydroxylation is 1. The molecule has 25 heavy (non-hydrogen) atoms. The molecule has 0 spiro atoms. The van der Waals surface area contributed by atoms with Gasteiger partial charge in [0.1, 0.15) is 4.90 Å². The summed E-state index contributed by atoms with van der Waals surface area (Å²) in [6, 6.07) is 12.2. The number of hydrogen-bond acceptors (Lipinski definition) is 3. The highest BCUT2D eigenvalue weighted by atomic mass is 35.5. The van der Waals surface area contributed by atoms with Crippen LogP contribution in [0.2, 0.25) is 5.02 Å². The number of nitrogens with zero attached hydrogens (tertiary/aromatic N) is 2. The van der Waals surface area contributed by atoms with Gasteiger partial charge in [-0.1, -0.05) is 41.9 Å². The van der Waals surface area contributed by atoms with Crippen LogP contribution in [0.3, 0.4) is 0 Å². The predicted molar refractivity (Wildman–Crippen MR) is 96.6 cm³/mol. The Balaban J connectivity index is 1.69. The zero-order valence-corrected chi connectivity index (χ0v) is 15.5. The maximum absolute atomic E-state index is 14.1. The van der Waals surface area contributed by atoms with Gasteiger partial charge in [0.05, 0.1) is 5.02 Å². The lowest BCUT2D eigenvalue weighted by Crippen LogP contribution is -2.48. The van der Waals surface area contributed by atoms with Gasteiger partial charge in [0.15, 0.2) is 5.82 Å². The Morgan fingerprint density at radius 1 is 1.04 bits per heavy atom. The van der Waals surface area contributed by atoms with Crippen LogP contribution < -0.4 is 0 Å². The van der Waals surface area contributed by atoms with Crippen molar-refractivity contribution in [2.24, 2.45) is 0 Å². The molecule has 0 saturated carbocycles. The second kappa shape index (κ2) is 7.41. The van der Waals surface area contributed by atoms with E-state index in [1.807, 2.05) is 12.1 Å². The van der Waals surface area contributed by atoms with Crippen LogP contribution in [0.1, 0.15) is 11.1 Å². The first-order valence-corrected chi connectivity index (χ1v) is 9.92. The molecule has 0 aromatic heterocycles. The molecule has 0 atom stereocenters. The van der Waals surface area contributed by atoms with E-state index in [1.165, 1.54) is 33.6 Å². The average molecular weight is 383 g/mol. The van der Waals surface area contributed by atoms with Gasteiger partial charge in [-0.05, 0) is 30.2 Å². The van der Waals surface area contributed by atoms with Gasteiger partial charge in [0.25, 0.3) is 0 Å². The summed E-state index contributed by atoms with van der Waals surface area (Å²) in [6.07, 6.45) is 0. The largest absolute Gasteiger partial charge is 0.296 e. The molecule has 2 aromatic rings. The van der Waals surface area contributed by atoms with Crippen molar-refractivity contribution in [3.8, 4) is 0 Å². The Morgan fingerprint density at radius 3 is 2.40 bits per heavy atom. The summed E-state index contributed by atoms with van der Waals surface area (Å²) in [5.41, 5.74) is 2.46. The molecular formula is C18H20ClFN2O2S. The minimum Gasteiger partial charge on any atom is -0.296 e. The van der Waals surface area contributed by atoms with Gasteiger partial charge in [0.2, 0.25) is 10.0 Å². The Bertz CT molecular complexity index is 865. The summed E-state index contributed by atoms with van der Waals surface area (Å²) >= 11 is 5.72. The van der Waals surface area contributed by atoms with Gasteiger partial charge in [-0.2, -0.15) is 4.31 Å². The Labute approximate surface area is 152 Å². The van der Waals surface area contributed by atoms with E-state index >= 15 is 0 Å². The van der Waals surface area contributed by atoms with Crippen LogP contribution in [0.5, 0.6) is 0 Å². The third-order valence-corrected chi connectivity index (χ3v) is 6.73. The quantitative estimate of drug-likeness (QED) is 0.814. The van der Waals surface area contributed by atoms with Crippen LogP contribution in [0.25, 0.3) is 0 Å². The minimum atomic E-state index is -3.87. The predicted octanol–water partition coefficient (Wildman–Crippen LogP) is 3.29. The van der Waals surface area contributed by atoms with Crippen molar-refractivity contribution in [3.05, 3.63) is 64.4 Å². The number of benzene rings is 2. The van der Waals surface area contributed by atoms with E-state index in [2.05, 4.69) is 24.0 Å². The van der Waals surface area contributed by atoms with E-state index in [1.54, 1.807) is 0 Å². The van der Waals surface area contributed by atoms with Crippen molar-refractivity contribution >= 4 is 21.6 Å². The maximum Gasteiger partial charge on any atom is 0.246 e. The number of halogens is 2. The lowest BCUT2D eigenvalue weighted by atomic mass is 10.1. The van der Waals surface area contributed by atoms with E-state index < -0.39 is 15.8 Å².